The van der Waals surface area contributed by atoms with Gasteiger partial charge in [0.05, 0.1) is 14.4 Å². The highest BCUT2D eigenvalue weighted by atomic mass is 79.9. The van der Waals surface area contributed by atoms with Crippen molar-refractivity contribution >= 4 is 27.3 Å². The molecular formula is C8H4BrF3N2S. The number of H-pyrrole nitrogens is 1. The van der Waals surface area contributed by atoms with Crippen LogP contribution in [-0.4, -0.2) is 10.2 Å². The molecule has 2 rings (SSSR count). The lowest BCUT2D eigenvalue weighted by Gasteiger charge is -1.98. The molecule has 0 radical (unpaired) electrons. The van der Waals surface area contributed by atoms with E-state index in [-0.39, 0.29) is 0 Å². The first-order valence-corrected chi connectivity index (χ1v) is 5.46. The van der Waals surface area contributed by atoms with Gasteiger partial charge in [0.15, 0.2) is 5.69 Å². The Morgan fingerprint density at radius 3 is 2.53 bits per heavy atom. The Hall–Kier alpha value is -0.820. The number of hydrogen-bond acceptors (Lipinski definition) is 2. The lowest BCUT2D eigenvalue weighted by atomic mass is 10.3. The van der Waals surface area contributed by atoms with Gasteiger partial charge in [-0.25, -0.2) is 0 Å². The molecule has 0 saturated carbocycles. The second kappa shape index (κ2) is 3.64. The van der Waals surface area contributed by atoms with Crippen molar-refractivity contribution in [2.75, 3.05) is 0 Å². The third kappa shape index (κ3) is 2.23. The van der Waals surface area contributed by atoms with Crippen LogP contribution in [0.15, 0.2) is 22.0 Å². The molecule has 7 heteroatoms. The molecule has 0 fully saturated rings. The smallest absolute Gasteiger partial charge is 0.276 e. The Morgan fingerprint density at radius 2 is 2.07 bits per heavy atom. The summed E-state index contributed by atoms with van der Waals surface area (Å²) < 4.78 is 37.6. The van der Waals surface area contributed by atoms with Gasteiger partial charge in [0.25, 0.3) is 0 Å². The van der Waals surface area contributed by atoms with E-state index in [1.165, 1.54) is 11.3 Å². The van der Waals surface area contributed by atoms with Crippen LogP contribution in [-0.2, 0) is 6.18 Å². The minimum Gasteiger partial charge on any atom is -0.276 e. The Morgan fingerprint density at radius 1 is 1.33 bits per heavy atom. The molecule has 0 unspecified atom stereocenters. The molecule has 0 amide bonds. The molecule has 2 heterocycles. The van der Waals surface area contributed by atoms with E-state index >= 15 is 0 Å². The van der Waals surface area contributed by atoms with Crippen LogP contribution in [0.1, 0.15) is 5.69 Å². The summed E-state index contributed by atoms with van der Waals surface area (Å²) in [4.78, 5) is 0.713. The van der Waals surface area contributed by atoms with Crippen LogP contribution in [0.2, 0.25) is 0 Å². The molecule has 0 aliphatic rings. The predicted molar refractivity (Wildman–Crippen MR) is 54.6 cm³/mol. The summed E-state index contributed by atoms with van der Waals surface area (Å²) in [6, 6.07) is 4.49. The second-order valence-corrected chi connectivity index (χ2v) is 5.23. The van der Waals surface area contributed by atoms with Crippen molar-refractivity contribution in [1.29, 1.82) is 0 Å². The van der Waals surface area contributed by atoms with Crippen LogP contribution >= 0.6 is 27.3 Å². The van der Waals surface area contributed by atoms with Crippen LogP contribution in [0.4, 0.5) is 13.2 Å². The Labute approximate surface area is 95.3 Å². The van der Waals surface area contributed by atoms with E-state index in [0.717, 1.165) is 9.85 Å². The van der Waals surface area contributed by atoms with Gasteiger partial charge >= 0.3 is 6.18 Å². The van der Waals surface area contributed by atoms with Gasteiger partial charge in [0.2, 0.25) is 0 Å². The molecule has 0 spiro atoms. The Balaban J connectivity index is 2.36. The number of alkyl halides is 3. The summed E-state index contributed by atoms with van der Waals surface area (Å²) in [6.45, 7) is 0. The van der Waals surface area contributed by atoms with Crippen LogP contribution in [0.5, 0.6) is 0 Å². The summed E-state index contributed by atoms with van der Waals surface area (Å²) in [6.07, 6.45) is -4.40. The largest absolute Gasteiger partial charge is 0.435 e. The van der Waals surface area contributed by atoms with E-state index < -0.39 is 11.9 Å². The van der Waals surface area contributed by atoms with E-state index in [9.17, 15) is 13.2 Å². The quantitative estimate of drug-likeness (QED) is 0.849. The van der Waals surface area contributed by atoms with E-state index in [1.807, 2.05) is 0 Å². The minimum atomic E-state index is -4.40. The van der Waals surface area contributed by atoms with Gasteiger partial charge in [-0.15, -0.1) is 11.3 Å². The first-order valence-electron chi connectivity index (χ1n) is 3.85. The number of nitrogens with one attached hydrogen (secondary N) is 1. The summed E-state index contributed by atoms with van der Waals surface area (Å²) >= 11 is 4.58. The minimum absolute atomic E-state index is 0.373. The molecule has 0 saturated heterocycles. The standard InChI is InChI=1S/C8H4BrF3N2S/c9-7-2-1-5(15-7)4-3-6(14-13-4)8(10,11)12/h1-3H,(H,13,14). The highest BCUT2D eigenvalue weighted by Gasteiger charge is 2.34. The highest BCUT2D eigenvalue weighted by Crippen LogP contribution is 2.34. The molecular weight excluding hydrogens is 293 g/mol. The molecule has 2 nitrogen and oxygen atoms in total. The molecule has 0 atom stereocenters. The molecule has 0 aliphatic carbocycles. The first kappa shape index (κ1) is 10.7. The number of aromatic amines is 1. The predicted octanol–water partition coefficient (Wildman–Crippen LogP) is 3.92. The molecule has 1 N–H and O–H groups in total. The van der Waals surface area contributed by atoms with Crippen LogP contribution < -0.4 is 0 Å². The topological polar surface area (TPSA) is 28.7 Å². The van der Waals surface area contributed by atoms with E-state index in [4.69, 9.17) is 0 Å². The number of nitrogens with zero attached hydrogens (tertiary/aromatic N) is 1. The highest BCUT2D eigenvalue weighted by molar-refractivity contribution is 9.11. The molecule has 0 aromatic carbocycles. The maximum absolute atomic E-state index is 12.2. The number of hydrogen-bond donors (Lipinski definition) is 1. The lowest BCUT2D eigenvalue weighted by molar-refractivity contribution is -0.141. The van der Waals surface area contributed by atoms with Gasteiger partial charge in [-0.2, -0.15) is 18.3 Å². The van der Waals surface area contributed by atoms with E-state index in [2.05, 4.69) is 26.1 Å². The summed E-state index contributed by atoms with van der Waals surface area (Å²) in [7, 11) is 0. The Kier molecular flexibility index (Phi) is 2.59. The average Bonchev–Trinajstić information content (AvgIpc) is 2.69. The van der Waals surface area contributed by atoms with Gasteiger partial charge in [0.1, 0.15) is 0 Å². The maximum Gasteiger partial charge on any atom is 0.435 e. The van der Waals surface area contributed by atoms with Crippen molar-refractivity contribution in [3.63, 3.8) is 0 Å². The van der Waals surface area contributed by atoms with E-state index in [1.54, 1.807) is 12.1 Å². The van der Waals surface area contributed by atoms with Crippen LogP contribution in [0.25, 0.3) is 10.6 Å². The fourth-order valence-corrected chi connectivity index (χ4v) is 2.40. The summed E-state index contributed by atoms with van der Waals surface area (Å²) in [5.41, 5.74) is -0.528. The third-order valence-electron chi connectivity index (χ3n) is 1.71. The number of thiophene rings is 1. The van der Waals surface area contributed by atoms with Crippen molar-refractivity contribution in [2.45, 2.75) is 6.18 Å². The fraction of sp³-hybridized carbons (Fsp3) is 0.125. The molecule has 0 aliphatic heterocycles. The molecule has 2 aromatic rings. The van der Waals surface area contributed by atoms with Crippen molar-refractivity contribution in [2.24, 2.45) is 0 Å². The average molecular weight is 297 g/mol. The molecule has 15 heavy (non-hydrogen) atoms. The summed E-state index contributed by atoms with van der Waals surface area (Å²) in [5, 5.41) is 5.58. The molecule has 0 bridgehead atoms. The number of halogens is 4. The van der Waals surface area contributed by atoms with Gasteiger partial charge in [-0.05, 0) is 34.1 Å². The van der Waals surface area contributed by atoms with Crippen molar-refractivity contribution in [1.82, 2.24) is 10.2 Å². The van der Waals surface area contributed by atoms with Crippen molar-refractivity contribution in [3.8, 4) is 10.6 Å². The second-order valence-electron chi connectivity index (χ2n) is 2.77. The van der Waals surface area contributed by atoms with Gasteiger partial charge in [-0.1, -0.05) is 0 Å². The fourth-order valence-electron chi connectivity index (χ4n) is 1.05. The number of aromatic nitrogens is 2. The number of rotatable bonds is 1. The zero-order chi connectivity index (χ0) is 11.1. The third-order valence-corrected chi connectivity index (χ3v) is 3.36. The Bertz CT molecular complexity index is 474. The normalized spacial score (nSPS) is 12.0. The molecule has 80 valence electrons. The van der Waals surface area contributed by atoms with Crippen molar-refractivity contribution in [3.05, 3.63) is 27.7 Å². The van der Waals surface area contributed by atoms with Gasteiger partial charge in [-0.3, -0.25) is 5.10 Å². The van der Waals surface area contributed by atoms with E-state index in [0.29, 0.717) is 10.6 Å². The van der Waals surface area contributed by atoms with Gasteiger partial charge in [0, 0.05) is 0 Å². The van der Waals surface area contributed by atoms with Crippen molar-refractivity contribution < 1.29 is 13.2 Å². The van der Waals surface area contributed by atoms with Crippen LogP contribution in [0, 0.1) is 0 Å². The first-order chi connectivity index (χ1) is 6.97. The zero-order valence-corrected chi connectivity index (χ0v) is 9.50. The monoisotopic (exact) mass is 296 g/mol. The van der Waals surface area contributed by atoms with Crippen LogP contribution in [0.3, 0.4) is 0 Å². The summed E-state index contributed by atoms with van der Waals surface area (Å²) in [5.74, 6) is 0. The lowest BCUT2D eigenvalue weighted by Crippen LogP contribution is -2.04. The zero-order valence-electron chi connectivity index (χ0n) is 7.10. The maximum atomic E-state index is 12.2. The van der Waals surface area contributed by atoms with Gasteiger partial charge < -0.3 is 0 Å². The SMILES string of the molecule is FC(F)(F)c1cc(-c2ccc(Br)s2)[nH]n1. The molecule has 2 aromatic heterocycles.